The Hall–Kier alpha value is -0.610. The molecule has 4 heteroatoms. The van der Waals surface area contributed by atoms with Crippen molar-refractivity contribution in [2.24, 2.45) is 0 Å². The molecule has 112 valence electrons. The van der Waals surface area contributed by atoms with Gasteiger partial charge in [0.1, 0.15) is 0 Å². The zero-order valence-corrected chi connectivity index (χ0v) is 13.2. The van der Waals surface area contributed by atoms with Crippen molar-refractivity contribution in [3.8, 4) is 0 Å². The van der Waals surface area contributed by atoms with E-state index in [1.807, 2.05) is 24.3 Å². The molecule has 1 atom stereocenters. The minimum Gasteiger partial charge on any atom is -0.388 e. The molecule has 1 heterocycles. The number of hydrogen-bond donors (Lipinski definition) is 1. The SMILES string of the molecule is CC(C)N1CCN(CCC(O)c2cccc(Cl)c2)CC1. The van der Waals surface area contributed by atoms with Crippen molar-refractivity contribution in [3.63, 3.8) is 0 Å². The lowest BCUT2D eigenvalue weighted by Gasteiger charge is -2.37. The Morgan fingerprint density at radius 2 is 1.90 bits per heavy atom. The number of halogens is 1. The molecule has 0 amide bonds. The van der Waals surface area contributed by atoms with Crippen molar-refractivity contribution in [2.75, 3.05) is 32.7 Å². The lowest BCUT2D eigenvalue weighted by molar-refractivity contribution is 0.0882. The van der Waals surface area contributed by atoms with Gasteiger partial charge in [-0.25, -0.2) is 0 Å². The third-order valence-corrected chi connectivity index (χ3v) is 4.32. The summed E-state index contributed by atoms with van der Waals surface area (Å²) in [4.78, 5) is 4.94. The lowest BCUT2D eigenvalue weighted by Crippen LogP contribution is -2.49. The first kappa shape index (κ1) is 15.8. The Bertz CT molecular complexity index is 417. The molecule has 1 aromatic rings. The van der Waals surface area contributed by atoms with Crippen molar-refractivity contribution < 1.29 is 5.11 Å². The van der Waals surface area contributed by atoms with Crippen LogP contribution in [0.1, 0.15) is 31.9 Å². The van der Waals surface area contributed by atoms with E-state index in [1.165, 1.54) is 0 Å². The number of aliphatic hydroxyl groups is 1. The molecule has 1 aliphatic rings. The molecule has 0 aromatic heterocycles. The van der Waals surface area contributed by atoms with Gasteiger partial charge in [0.2, 0.25) is 0 Å². The minimum absolute atomic E-state index is 0.420. The lowest BCUT2D eigenvalue weighted by atomic mass is 10.1. The van der Waals surface area contributed by atoms with E-state index in [2.05, 4.69) is 23.6 Å². The van der Waals surface area contributed by atoms with E-state index in [0.29, 0.717) is 11.1 Å². The van der Waals surface area contributed by atoms with Crippen LogP contribution in [0.3, 0.4) is 0 Å². The quantitative estimate of drug-likeness (QED) is 0.905. The number of nitrogens with zero attached hydrogens (tertiary/aromatic N) is 2. The summed E-state index contributed by atoms with van der Waals surface area (Å²) in [6.07, 6.45) is 0.346. The van der Waals surface area contributed by atoms with Crippen LogP contribution in [0.15, 0.2) is 24.3 Å². The van der Waals surface area contributed by atoms with Crippen molar-refractivity contribution in [1.29, 1.82) is 0 Å². The molecule has 2 rings (SSSR count). The maximum absolute atomic E-state index is 10.2. The highest BCUT2D eigenvalue weighted by Crippen LogP contribution is 2.20. The second-order valence-electron chi connectivity index (χ2n) is 5.83. The Balaban J connectivity index is 1.76. The summed E-state index contributed by atoms with van der Waals surface area (Å²) in [5.74, 6) is 0. The number of hydrogen-bond acceptors (Lipinski definition) is 3. The van der Waals surface area contributed by atoms with Crippen LogP contribution in [0.5, 0.6) is 0 Å². The van der Waals surface area contributed by atoms with E-state index < -0.39 is 6.10 Å². The number of rotatable bonds is 5. The van der Waals surface area contributed by atoms with Crippen LogP contribution in [-0.2, 0) is 0 Å². The van der Waals surface area contributed by atoms with Gasteiger partial charge in [0.25, 0.3) is 0 Å². The molecule has 1 aromatic carbocycles. The predicted molar refractivity (Wildman–Crippen MR) is 84.2 cm³/mol. The fraction of sp³-hybridized carbons (Fsp3) is 0.625. The van der Waals surface area contributed by atoms with Gasteiger partial charge in [0.05, 0.1) is 6.10 Å². The highest BCUT2D eigenvalue weighted by atomic mass is 35.5. The normalized spacial score (nSPS) is 19.4. The number of aliphatic hydroxyl groups excluding tert-OH is 1. The standard InChI is InChI=1S/C16H25ClN2O/c1-13(2)19-10-8-18(9-11-19)7-6-16(20)14-4-3-5-15(17)12-14/h3-5,12-13,16,20H,6-11H2,1-2H3. The summed E-state index contributed by atoms with van der Waals surface area (Å²) in [6.45, 7) is 9.90. The molecule has 1 unspecified atom stereocenters. The van der Waals surface area contributed by atoms with Gasteiger partial charge < -0.3 is 10.0 Å². The Morgan fingerprint density at radius 3 is 2.50 bits per heavy atom. The van der Waals surface area contributed by atoms with E-state index in [0.717, 1.165) is 44.7 Å². The van der Waals surface area contributed by atoms with E-state index in [4.69, 9.17) is 11.6 Å². The summed E-state index contributed by atoms with van der Waals surface area (Å²) in [5, 5.41) is 10.9. The van der Waals surface area contributed by atoms with Gasteiger partial charge in [-0.05, 0) is 38.0 Å². The second-order valence-corrected chi connectivity index (χ2v) is 6.27. The number of piperazine rings is 1. The van der Waals surface area contributed by atoms with Crippen molar-refractivity contribution >= 4 is 11.6 Å². The summed E-state index contributed by atoms with van der Waals surface area (Å²) >= 11 is 5.96. The molecule has 1 aliphatic heterocycles. The van der Waals surface area contributed by atoms with Crippen molar-refractivity contribution in [1.82, 2.24) is 9.80 Å². The summed E-state index contributed by atoms with van der Waals surface area (Å²) < 4.78 is 0. The van der Waals surface area contributed by atoms with Crippen LogP contribution in [0.2, 0.25) is 5.02 Å². The molecule has 0 aliphatic carbocycles. The van der Waals surface area contributed by atoms with Gasteiger partial charge in [0, 0.05) is 43.8 Å². The molecule has 3 nitrogen and oxygen atoms in total. The molecule has 1 N–H and O–H groups in total. The molecule has 1 saturated heterocycles. The third kappa shape index (κ3) is 4.45. The van der Waals surface area contributed by atoms with Gasteiger partial charge in [-0.1, -0.05) is 23.7 Å². The first-order valence-corrected chi connectivity index (χ1v) is 7.84. The fourth-order valence-electron chi connectivity index (χ4n) is 2.69. The van der Waals surface area contributed by atoms with Crippen LogP contribution in [0.25, 0.3) is 0 Å². The average Bonchev–Trinajstić information content (AvgIpc) is 2.45. The topological polar surface area (TPSA) is 26.7 Å². The molecule has 20 heavy (non-hydrogen) atoms. The summed E-state index contributed by atoms with van der Waals surface area (Å²) in [6, 6.07) is 8.15. The zero-order chi connectivity index (χ0) is 14.5. The maximum Gasteiger partial charge on any atom is 0.0802 e. The van der Waals surface area contributed by atoms with Crippen LogP contribution in [0, 0.1) is 0 Å². The van der Waals surface area contributed by atoms with E-state index >= 15 is 0 Å². The van der Waals surface area contributed by atoms with Crippen LogP contribution in [-0.4, -0.2) is 53.7 Å². The van der Waals surface area contributed by atoms with Crippen molar-refractivity contribution in [3.05, 3.63) is 34.9 Å². The number of benzene rings is 1. The molecule has 0 bridgehead atoms. The predicted octanol–water partition coefficient (Wildman–Crippen LogP) is 2.79. The Morgan fingerprint density at radius 1 is 1.20 bits per heavy atom. The van der Waals surface area contributed by atoms with Gasteiger partial charge in [0.15, 0.2) is 0 Å². The molecule has 1 fully saturated rings. The smallest absolute Gasteiger partial charge is 0.0802 e. The first-order valence-electron chi connectivity index (χ1n) is 7.46. The third-order valence-electron chi connectivity index (χ3n) is 4.09. The van der Waals surface area contributed by atoms with Crippen molar-refractivity contribution in [2.45, 2.75) is 32.4 Å². The summed E-state index contributed by atoms with van der Waals surface area (Å²) in [5.41, 5.74) is 0.915. The zero-order valence-electron chi connectivity index (χ0n) is 12.4. The first-order chi connectivity index (χ1) is 9.56. The minimum atomic E-state index is -0.420. The Kier molecular flexibility index (Phi) is 5.85. The molecule has 0 spiro atoms. The van der Waals surface area contributed by atoms with Crippen LogP contribution < -0.4 is 0 Å². The maximum atomic E-state index is 10.2. The van der Waals surface area contributed by atoms with Gasteiger partial charge >= 0.3 is 0 Å². The largest absolute Gasteiger partial charge is 0.388 e. The molecular weight excluding hydrogens is 272 g/mol. The monoisotopic (exact) mass is 296 g/mol. The van der Waals surface area contributed by atoms with E-state index in [-0.39, 0.29) is 0 Å². The highest BCUT2D eigenvalue weighted by molar-refractivity contribution is 6.30. The van der Waals surface area contributed by atoms with Gasteiger partial charge in [-0.3, -0.25) is 4.90 Å². The summed E-state index contributed by atoms with van der Waals surface area (Å²) in [7, 11) is 0. The van der Waals surface area contributed by atoms with Crippen LogP contribution >= 0.6 is 11.6 Å². The fourth-order valence-corrected chi connectivity index (χ4v) is 2.89. The molecule has 0 radical (unpaired) electrons. The second kappa shape index (κ2) is 7.41. The van der Waals surface area contributed by atoms with Gasteiger partial charge in [-0.15, -0.1) is 0 Å². The van der Waals surface area contributed by atoms with E-state index in [9.17, 15) is 5.11 Å². The molecule has 0 saturated carbocycles. The van der Waals surface area contributed by atoms with E-state index in [1.54, 1.807) is 0 Å². The average molecular weight is 297 g/mol. The Labute approximate surface area is 127 Å². The van der Waals surface area contributed by atoms with Gasteiger partial charge in [-0.2, -0.15) is 0 Å². The highest BCUT2D eigenvalue weighted by Gasteiger charge is 2.19. The molecular formula is C16H25ClN2O. The van der Waals surface area contributed by atoms with Crippen LogP contribution in [0.4, 0.5) is 0 Å².